The summed E-state index contributed by atoms with van der Waals surface area (Å²) in [4.78, 5) is 19.0. The van der Waals surface area contributed by atoms with Crippen molar-refractivity contribution in [1.82, 2.24) is 19.6 Å². The number of hydrogen-bond acceptors (Lipinski definition) is 6. The second-order valence-electron chi connectivity index (χ2n) is 3.33. The van der Waals surface area contributed by atoms with Gasteiger partial charge >= 0.3 is 11.4 Å². The van der Waals surface area contributed by atoms with Gasteiger partial charge in [0, 0.05) is 14.1 Å². The van der Waals surface area contributed by atoms with Gasteiger partial charge in [0.15, 0.2) is 0 Å². The molecule has 0 fully saturated rings. The van der Waals surface area contributed by atoms with Crippen molar-refractivity contribution in [2.24, 2.45) is 14.1 Å². The Morgan fingerprint density at radius 3 is 2.00 bits per heavy atom. The number of aryl methyl sites for hydroxylation is 2. The van der Waals surface area contributed by atoms with Crippen LogP contribution >= 0.6 is 11.6 Å². The SMILES string of the molecule is Cn1cc([N+](=O)[O-])cn1.Cn1ncc([N+](=O)[O-])c1Cl. The van der Waals surface area contributed by atoms with E-state index in [1.807, 2.05) is 0 Å². The third kappa shape index (κ3) is 3.74. The highest BCUT2D eigenvalue weighted by atomic mass is 35.5. The van der Waals surface area contributed by atoms with E-state index in [0.29, 0.717) is 0 Å². The van der Waals surface area contributed by atoms with E-state index in [1.165, 1.54) is 28.8 Å². The quantitative estimate of drug-likeness (QED) is 0.606. The maximum Gasteiger partial charge on any atom is 0.325 e. The van der Waals surface area contributed by atoms with Crippen molar-refractivity contribution >= 4 is 23.0 Å². The van der Waals surface area contributed by atoms with Gasteiger partial charge in [-0.1, -0.05) is 11.6 Å². The Balaban J connectivity index is 0.000000191. The van der Waals surface area contributed by atoms with Gasteiger partial charge in [0.2, 0.25) is 5.15 Å². The average Bonchev–Trinajstić information content (AvgIpc) is 2.88. The van der Waals surface area contributed by atoms with Gasteiger partial charge in [-0.3, -0.25) is 29.6 Å². The fourth-order valence-corrected chi connectivity index (χ4v) is 1.20. The van der Waals surface area contributed by atoms with E-state index in [0.717, 1.165) is 6.20 Å². The molecule has 102 valence electrons. The normalized spacial score (nSPS) is 9.63. The van der Waals surface area contributed by atoms with Crippen LogP contribution in [0.5, 0.6) is 0 Å². The predicted octanol–water partition coefficient (Wildman–Crippen LogP) is 1.31. The first-order valence-electron chi connectivity index (χ1n) is 4.78. The first-order valence-corrected chi connectivity index (χ1v) is 5.15. The Labute approximate surface area is 111 Å². The highest BCUT2D eigenvalue weighted by molar-refractivity contribution is 6.31. The molecule has 0 saturated carbocycles. The van der Waals surface area contributed by atoms with Gasteiger partial charge in [0.25, 0.3) is 0 Å². The van der Waals surface area contributed by atoms with Crippen molar-refractivity contribution in [3.63, 3.8) is 0 Å². The van der Waals surface area contributed by atoms with E-state index >= 15 is 0 Å². The Morgan fingerprint density at radius 2 is 1.79 bits per heavy atom. The van der Waals surface area contributed by atoms with Gasteiger partial charge in [-0.15, -0.1) is 0 Å². The maximum absolute atomic E-state index is 10.1. The summed E-state index contributed by atoms with van der Waals surface area (Å²) in [6.07, 6.45) is 3.67. The van der Waals surface area contributed by atoms with E-state index in [1.54, 1.807) is 7.05 Å². The summed E-state index contributed by atoms with van der Waals surface area (Å²) >= 11 is 5.46. The number of nitrogens with zero attached hydrogens (tertiary/aromatic N) is 6. The zero-order chi connectivity index (χ0) is 14.6. The van der Waals surface area contributed by atoms with Crippen molar-refractivity contribution in [3.8, 4) is 0 Å². The lowest BCUT2D eigenvalue weighted by atomic mass is 10.6. The van der Waals surface area contributed by atoms with E-state index in [4.69, 9.17) is 11.6 Å². The third-order valence-electron chi connectivity index (χ3n) is 1.95. The zero-order valence-electron chi connectivity index (χ0n) is 9.93. The Kier molecular flexibility index (Phi) is 4.53. The Morgan fingerprint density at radius 1 is 1.16 bits per heavy atom. The molecule has 0 aliphatic heterocycles. The fraction of sp³-hybridized carbons (Fsp3) is 0.250. The average molecular weight is 289 g/mol. The lowest BCUT2D eigenvalue weighted by Crippen LogP contribution is -1.90. The zero-order valence-corrected chi connectivity index (χ0v) is 10.7. The third-order valence-corrected chi connectivity index (χ3v) is 2.39. The molecule has 2 aromatic rings. The molecule has 2 rings (SSSR count). The summed E-state index contributed by atoms with van der Waals surface area (Å²) in [6.45, 7) is 0. The van der Waals surface area contributed by atoms with Crippen molar-refractivity contribution in [3.05, 3.63) is 44.0 Å². The predicted molar refractivity (Wildman–Crippen MR) is 64.7 cm³/mol. The van der Waals surface area contributed by atoms with Crippen LogP contribution in [0.4, 0.5) is 11.4 Å². The number of aromatic nitrogens is 4. The smallest absolute Gasteiger partial charge is 0.269 e. The van der Waals surface area contributed by atoms with Crippen LogP contribution in [0.1, 0.15) is 0 Å². The second-order valence-corrected chi connectivity index (χ2v) is 3.69. The second kappa shape index (κ2) is 5.91. The summed E-state index contributed by atoms with van der Waals surface area (Å²) in [5.74, 6) is 0. The molecule has 0 aromatic carbocycles. The molecule has 19 heavy (non-hydrogen) atoms. The van der Waals surface area contributed by atoms with Crippen LogP contribution in [0.2, 0.25) is 5.15 Å². The summed E-state index contributed by atoms with van der Waals surface area (Å²) in [6, 6.07) is 0. The highest BCUT2D eigenvalue weighted by Gasteiger charge is 2.15. The molecular formula is C8H9ClN6O4. The molecule has 0 amide bonds. The Hall–Kier alpha value is -2.49. The molecule has 0 aliphatic carbocycles. The molecule has 0 bridgehead atoms. The van der Waals surface area contributed by atoms with Crippen molar-refractivity contribution < 1.29 is 9.85 Å². The molecule has 0 spiro atoms. The number of halogens is 1. The fourth-order valence-electron chi connectivity index (χ4n) is 1.04. The summed E-state index contributed by atoms with van der Waals surface area (Å²) in [5, 5.41) is 27.3. The minimum absolute atomic E-state index is 0.0255. The molecule has 11 heteroatoms. The topological polar surface area (TPSA) is 122 Å². The molecule has 0 aliphatic rings. The van der Waals surface area contributed by atoms with Crippen LogP contribution in [0.3, 0.4) is 0 Å². The first-order chi connectivity index (χ1) is 8.82. The highest BCUT2D eigenvalue weighted by Crippen LogP contribution is 2.21. The summed E-state index contributed by atoms with van der Waals surface area (Å²) in [5.41, 5.74) is -0.137. The maximum atomic E-state index is 10.1. The van der Waals surface area contributed by atoms with Crippen LogP contribution in [0.25, 0.3) is 0 Å². The molecule has 0 radical (unpaired) electrons. The van der Waals surface area contributed by atoms with Crippen LogP contribution in [0.15, 0.2) is 18.6 Å². The number of nitro groups is 2. The van der Waals surface area contributed by atoms with Gasteiger partial charge in [0.1, 0.15) is 18.6 Å². The minimum Gasteiger partial charge on any atom is -0.269 e. The molecule has 0 saturated heterocycles. The van der Waals surface area contributed by atoms with Gasteiger partial charge in [-0.2, -0.15) is 10.2 Å². The lowest BCUT2D eigenvalue weighted by molar-refractivity contribution is -0.385. The molecule has 0 N–H and O–H groups in total. The van der Waals surface area contributed by atoms with Crippen molar-refractivity contribution in [2.75, 3.05) is 0 Å². The molecule has 10 nitrogen and oxygen atoms in total. The van der Waals surface area contributed by atoms with Crippen molar-refractivity contribution in [2.45, 2.75) is 0 Å². The molecule has 0 unspecified atom stereocenters. The first kappa shape index (κ1) is 14.6. The molecule has 2 heterocycles. The van der Waals surface area contributed by atoms with Crippen molar-refractivity contribution in [1.29, 1.82) is 0 Å². The van der Waals surface area contributed by atoms with E-state index < -0.39 is 9.85 Å². The summed E-state index contributed by atoms with van der Waals surface area (Å²) < 4.78 is 2.62. The summed E-state index contributed by atoms with van der Waals surface area (Å²) in [7, 11) is 3.17. The van der Waals surface area contributed by atoms with Gasteiger partial charge < -0.3 is 0 Å². The molecule has 2 aromatic heterocycles. The molecule has 0 atom stereocenters. The minimum atomic E-state index is -0.574. The Bertz CT molecular complexity index is 606. The van der Waals surface area contributed by atoms with E-state index in [-0.39, 0.29) is 16.5 Å². The van der Waals surface area contributed by atoms with Gasteiger partial charge in [0.05, 0.1) is 9.85 Å². The number of hydrogen-bond donors (Lipinski definition) is 0. The lowest BCUT2D eigenvalue weighted by Gasteiger charge is -1.87. The monoisotopic (exact) mass is 288 g/mol. The van der Waals surface area contributed by atoms with Crippen LogP contribution in [-0.2, 0) is 14.1 Å². The van der Waals surface area contributed by atoms with Gasteiger partial charge in [-0.05, 0) is 0 Å². The van der Waals surface area contributed by atoms with Crippen LogP contribution in [-0.4, -0.2) is 29.4 Å². The molecular weight excluding hydrogens is 280 g/mol. The standard InChI is InChI=1S/C4H4ClN3O2.C4H5N3O2/c1-7-4(5)3(2-6-7)8(9)10;1-6-3-4(2-5-6)7(8)9/h2H,1H3;2-3H,1H3. The number of rotatable bonds is 2. The largest absolute Gasteiger partial charge is 0.325 e. The van der Waals surface area contributed by atoms with E-state index in [2.05, 4.69) is 10.2 Å². The van der Waals surface area contributed by atoms with Crippen LogP contribution in [0, 0.1) is 20.2 Å². The van der Waals surface area contributed by atoms with E-state index in [9.17, 15) is 20.2 Å². The van der Waals surface area contributed by atoms with Gasteiger partial charge in [-0.25, -0.2) is 0 Å². The van der Waals surface area contributed by atoms with Crippen LogP contribution < -0.4 is 0 Å².